The van der Waals surface area contributed by atoms with Gasteiger partial charge in [-0.25, -0.2) is 4.79 Å². The minimum absolute atomic E-state index is 0.0794. The normalized spacial score (nSPS) is 10.2. The van der Waals surface area contributed by atoms with Gasteiger partial charge in [0.15, 0.2) is 0 Å². The van der Waals surface area contributed by atoms with E-state index in [-0.39, 0.29) is 17.9 Å². The lowest BCUT2D eigenvalue weighted by Crippen LogP contribution is -2.13. The molecule has 18 heavy (non-hydrogen) atoms. The minimum atomic E-state index is -0.355. The van der Waals surface area contributed by atoms with Crippen molar-refractivity contribution in [3.63, 3.8) is 0 Å². The maximum Gasteiger partial charge on any atom is 0.333 e. The van der Waals surface area contributed by atoms with Crippen molar-refractivity contribution < 1.29 is 19.1 Å². The van der Waals surface area contributed by atoms with Gasteiger partial charge < -0.3 is 9.47 Å². The fourth-order valence-corrected chi connectivity index (χ4v) is 2.41. The van der Waals surface area contributed by atoms with Crippen LogP contribution in [0.5, 0.6) is 0 Å². The molecule has 0 radical (unpaired) electrons. The van der Waals surface area contributed by atoms with Crippen molar-refractivity contribution in [1.82, 2.24) is 0 Å². The van der Waals surface area contributed by atoms with Gasteiger partial charge in [0.25, 0.3) is 0 Å². The summed E-state index contributed by atoms with van der Waals surface area (Å²) in [5, 5.41) is 0. The Morgan fingerprint density at radius 1 is 1.11 bits per heavy atom. The van der Waals surface area contributed by atoms with E-state index in [4.69, 9.17) is 9.47 Å². The van der Waals surface area contributed by atoms with E-state index < -0.39 is 0 Å². The van der Waals surface area contributed by atoms with Crippen LogP contribution in [-0.2, 0) is 19.1 Å². The van der Waals surface area contributed by atoms with Crippen LogP contribution in [0.25, 0.3) is 0 Å². The zero-order valence-corrected chi connectivity index (χ0v) is 12.7. The van der Waals surface area contributed by atoms with Gasteiger partial charge in [-0.15, -0.1) is 0 Å². The monoisotopic (exact) mass is 292 g/mol. The molecule has 0 saturated heterocycles. The Kier molecular flexibility index (Phi) is 9.96. The largest absolute Gasteiger partial charge is 0.465 e. The molecule has 104 valence electrons. The van der Waals surface area contributed by atoms with Crippen molar-refractivity contribution in [2.75, 3.05) is 24.7 Å². The summed E-state index contributed by atoms with van der Waals surface area (Å²) in [6, 6.07) is 0. The van der Waals surface area contributed by atoms with Crippen LogP contribution in [0.2, 0.25) is 0 Å². The van der Waals surface area contributed by atoms with E-state index >= 15 is 0 Å². The smallest absolute Gasteiger partial charge is 0.333 e. The number of esters is 2. The molecule has 0 aromatic heterocycles. The van der Waals surface area contributed by atoms with E-state index in [1.54, 1.807) is 42.4 Å². The van der Waals surface area contributed by atoms with Gasteiger partial charge in [-0.2, -0.15) is 0 Å². The first kappa shape index (κ1) is 17.4. The molecule has 0 unspecified atom stereocenters. The molecule has 0 atom stereocenters. The SMILES string of the molecule is C=C(C)C(=O)OCCSSCCOC(=O)C(C)C. The quantitative estimate of drug-likeness (QED) is 0.282. The number of rotatable bonds is 9. The highest BCUT2D eigenvalue weighted by Gasteiger charge is 2.07. The van der Waals surface area contributed by atoms with Crippen LogP contribution in [0.1, 0.15) is 20.8 Å². The van der Waals surface area contributed by atoms with Crippen molar-refractivity contribution >= 4 is 33.5 Å². The second-order valence-electron chi connectivity index (χ2n) is 3.88. The van der Waals surface area contributed by atoms with Crippen LogP contribution < -0.4 is 0 Å². The summed E-state index contributed by atoms with van der Waals surface area (Å²) in [6.45, 7) is 9.51. The van der Waals surface area contributed by atoms with Gasteiger partial charge in [0.05, 0.1) is 5.92 Å². The van der Waals surface area contributed by atoms with Gasteiger partial charge in [-0.1, -0.05) is 42.0 Å². The number of hydrogen-bond acceptors (Lipinski definition) is 6. The zero-order valence-electron chi connectivity index (χ0n) is 11.1. The summed E-state index contributed by atoms with van der Waals surface area (Å²) in [4.78, 5) is 22.1. The zero-order chi connectivity index (χ0) is 14.0. The molecule has 0 heterocycles. The molecular weight excluding hydrogens is 272 g/mol. The van der Waals surface area contributed by atoms with Crippen molar-refractivity contribution in [2.45, 2.75) is 20.8 Å². The molecular formula is C12H20O4S2. The lowest BCUT2D eigenvalue weighted by Gasteiger charge is -2.06. The van der Waals surface area contributed by atoms with Crippen LogP contribution in [0.3, 0.4) is 0 Å². The van der Waals surface area contributed by atoms with Gasteiger partial charge >= 0.3 is 11.9 Å². The molecule has 0 rings (SSSR count). The summed E-state index contributed by atoms with van der Waals surface area (Å²) < 4.78 is 9.93. The Morgan fingerprint density at radius 2 is 1.61 bits per heavy atom. The average molecular weight is 292 g/mol. The molecule has 4 nitrogen and oxygen atoms in total. The van der Waals surface area contributed by atoms with E-state index in [9.17, 15) is 9.59 Å². The number of hydrogen-bond donors (Lipinski definition) is 0. The summed E-state index contributed by atoms with van der Waals surface area (Å²) >= 11 is 0. The highest BCUT2D eigenvalue weighted by Crippen LogP contribution is 2.20. The molecule has 0 aromatic rings. The highest BCUT2D eigenvalue weighted by atomic mass is 33.1. The molecule has 6 heteroatoms. The molecule has 0 saturated carbocycles. The molecule has 0 aromatic carbocycles. The topological polar surface area (TPSA) is 52.6 Å². The number of carbonyl (C=O) groups is 2. The van der Waals surface area contributed by atoms with Gasteiger partial charge in [0.1, 0.15) is 13.2 Å². The van der Waals surface area contributed by atoms with Crippen LogP contribution in [0.4, 0.5) is 0 Å². The molecule has 0 aliphatic rings. The van der Waals surface area contributed by atoms with E-state index in [1.165, 1.54) is 0 Å². The van der Waals surface area contributed by atoms with Gasteiger partial charge in [0.2, 0.25) is 0 Å². The fourth-order valence-electron chi connectivity index (χ4n) is 0.752. The summed E-state index contributed by atoms with van der Waals surface area (Å²) in [5.74, 6) is 0.839. The Bertz CT molecular complexity index is 290. The van der Waals surface area contributed by atoms with E-state index in [2.05, 4.69) is 6.58 Å². The first-order chi connectivity index (χ1) is 8.45. The lowest BCUT2D eigenvalue weighted by atomic mass is 10.2. The van der Waals surface area contributed by atoms with E-state index in [1.807, 2.05) is 0 Å². The number of carbonyl (C=O) groups excluding carboxylic acids is 2. The Hall–Kier alpha value is -0.620. The summed E-state index contributed by atoms with van der Waals surface area (Å²) in [5.41, 5.74) is 0.410. The molecule has 0 fully saturated rings. The lowest BCUT2D eigenvalue weighted by molar-refractivity contribution is -0.146. The molecule has 0 spiro atoms. The van der Waals surface area contributed by atoms with Crippen LogP contribution in [-0.4, -0.2) is 36.7 Å². The minimum Gasteiger partial charge on any atom is -0.465 e. The maximum absolute atomic E-state index is 11.1. The van der Waals surface area contributed by atoms with Crippen LogP contribution in [0, 0.1) is 5.92 Å². The van der Waals surface area contributed by atoms with Gasteiger partial charge in [-0.05, 0) is 6.92 Å². The predicted molar refractivity (Wildman–Crippen MR) is 76.5 cm³/mol. The third-order valence-electron chi connectivity index (χ3n) is 1.71. The van der Waals surface area contributed by atoms with Crippen molar-refractivity contribution in [2.24, 2.45) is 5.92 Å². The highest BCUT2D eigenvalue weighted by molar-refractivity contribution is 8.76. The first-order valence-corrected chi connectivity index (χ1v) is 8.17. The Labute approximate surface area is 116 Å². The third kappa shape index (κ3) is 9.41. The molecule has 0 bridgehead atoms. The first-order valence-electron chi connectivity index (χ1n) is 5.68. The third-order valence-corrected chi connectivity index (χ3v) is 4.05. The molecule has 0 amide bonds. The molecule has 0 aliphatic carbocycles. The van der Waals surface area contributed by atoms with Crippen LogP contribution >= 0.6 is 21.6 Å². The standard InChI is InChI=1S/C12H20O4S2/c1-9(2)11(13)15-5-7-17-18-8-6-16-12(14)10(3)4/h10H,1,5-8H2,2-4H3. The number of ether oxygens (including phenoxy) is 2. The van der Waals surface area contributed by atoms with Crippen LogP contribution in [0.15, 0.2) is 12.2 Å². The van der Waals surface area contributed by atoms with E-state index in [0.29, 0.717) is 24.5 Å². The Balaban J connectivity index is 3.29. The van der Waals surface area contributed by atoms with Crippen molar-refractivity contribution in [3.05, 3.63) is 12.2 Å². The average Bonchev–Trinajstić information content (AvgIpc) is 2.31. The maximum atomic E-state index is 11.1. The summed E-state index contributed by atoms with van der Waals surface area (Å²) in [6.07, 6.45) is 0. The molecule has 0 N–H and O–H groups in total. The van der Waals surface area contributed by atoms with Gasteiger partial charge in [0, 0.05) is 17.1 Å². The second kappa shape index (κ2) is 10.3. The molecule has 0 aliphatic heterocycles. The fraction of sp³-hybridized carbons (Fsp3) is 0.667. The van der Waals surface area contributed by atoms with Crippen molar-refractivity contribution in [1.29, 1.82) is 0 Å². The van der Waals surface area contributed by atoms with Crippen molar-refractivity contribution in [3.8, 4) is 0 Å². The van der Waals surface area contributed by atoms with E-state index in [0.717, 1.165) is 5.75 Å². The second-order valence-corrected chi connectivity index (χ2v) is 6.58. The van der Waals surface area contributed by atoms with Gasteiger partial charge in [-0.3, -0.25) is 4.79 Å². The predicted octanol–water partition coefficient (Wildman–Crippen LogP) is 2.69. The summed E-state index contributed by atoms with van der Waals surface area (Å²) in [7, 11) is 3.18. The Morgan fingerprint density at radius 3 is 2.06 bits per heavy atom.